The summed E-state index contributed by atoms with van der Waals surface area (Å²) in [6, 6.07) is 5.16. The van der Waals surface area contributed by atoms with Crippen molar-refractivity contribution in [2.24, 2.45) is 11.8 Å². The Morgan fingerprint density at radius 3 is 2.83 bits per heavy atom. The zero-order chi connectivity index (χ0) is 13.1. The Morgan fingerprint density at radius 2 is 2.22 bits per heavy atom. The molecule has 2 rings (SSSR count). The first kappa shape index (κ1) is 13.8. The minimum atomic E-state index is -0.148. The van der Waals surface area contributed by atoms with E-state index in [-0.39, 0.29) is 5.82 Å². The number of halogens is 2. The number of benzene rings is 1. The Labute approximate surface area is 114 Å². The van der Waals surface area contributed by atoms with Crippen molar-refractivity contribution in [1.29, 1.82) is 0 Å². The molecule has 3 atom stereocenters. The molecule has 1 aromatic rings. The van der Waals surface area contributed by atoms with Crippen LogP contribution in [0.4, 0.5) is 4.39 Å². The van der Waals surface area contributed by atoms with Gasteiger partial charge in [-0.15, -0.1) is 0 Å². The molecular formula is C15H21ClFN. The van der Waals surface area contributed by atoms with E-state index in [0.29, 0.717) is 17.0 Å². The van der Waals surface area contributed by atoms with Crippen LogP contribution >= 0.6 is 11.6 Å². The molecule has 0 saturated heterocycles. The van der Waals surface area contributed by atoms with Gasteiger partial charge < -0.3 is 5.32 Å². The van der Waals surface area contributed by atoms with Crippen LogP contribution in [0.5, 0.6) is 0 Å². The number of rotatable bonds is 4. The zero-order valence-electron chi connectivity index (χ0n) is 11.0. The maximum absolute atomic E-state index is 13.7. The fourth-order valence-electron chi connectivity index (χ4n) is 3.06. The number of likely N-dealkylation sites (N-methyl/N-ethyl adjacent to an activating group) is 1. The molecule has 18 heavy (non-hydrogen) atoms. The number of nitrogens with one attached hydrogen (secondary N) is 1. The Balaban J connectivity index is 2.08. The fraction of sp³-hybridized carbons (Fsp3) is 0.600. The highest BCUT2D eigenvalue weighted by molar-refractivity contribution is 6.30. The van der Waals surface area contributed by atoms with Crippen molar-refractivity contribution in [3.05, 3.63) is 34.6 Å². The highest BCUT2D eigenvalue weighted by atomic mass is 35.5. The lowest BCUT2D eigenvalue weighted by Crippen LogP contribution is -2.34. The predicted molar refractivity (Wildman–Crippen MR) is 74.5 cm³/mol. The molecule has 1 aromatic carbocycles. The molecule has 3 unspecified atom stereocenters. The van der Waals surface area contributed by atoms with Crippen molar-refractivity contribution in [1.82, 2.24) is 5.32 Å². The van der Waals surface area contributed by atoms with Crippen molar-refractivity contribution in [2.45, 2.75) is 38.6 Å². The van der Waals surface area contributed by atoms with Gasteiger partial charge >= 0.3 is 0 Å². The topological polar surface area (TPSA) is 12.0 Å². The quantitative estimate of drug-likeness (QED) is 0.870. The highest BCUT2D eigenvalue weighted by Crippen LogP contribution is 2.34. The summed E-state index contributed by atoms with van der Waals surface area (Å²) < 4.78 is 13.7. The summed E-state index contributed by atoms with van der Waals surface area (Å²) in [6.45, 7) is 2.30. The fourth-order valence-corrected chi connectivity index (χ4v) is 3.25. The number of hydrogen-bond donors (Lipinski definition) is 1. The normalized spacial score (nSPS) is 25.3. The van der Waals surface area contributed by atoms with Crippen LogP contribution in [0.25, 0.3) is 0 Å². The van der Waals surface area contributed by atoms with Gasteiger partial charge in [0.2, 0.25) is 0 Å². The first-order chi connectivity index (χ1) is 8.60. The van der Waals surface area contributed by atoms with Crippen molar-refractivity contribution in [2.75, 3.05) is 7.05 Å². The van der Waals surface area contributed by atoms with E-state index in [1.807, 2.05) is 7.05 Å². The maximum Gasteiger partial charge on any atom is 0.126 e. The van der Waals surface area contributed by atoms with Crippen LogP contribution in [-0.2, 0) is 6.42 Å². The molecule has 1 nitrogen and oxygen atoms in total. The molecule has 0 spiro atoms. The average molecular weight is 270 g/mol. The lowest BCUT2D eigenvalue weighted by Gasteiger charge is -2.23. The maximum atomic E-state index is 13.7. The second-order valence-electron chi connectivity index (χ2n) is 5.51. The summed E-state index contributed by atoms with van der Waals surface area (Å²) in [7, 11) is 1.97. The standard InChI is InChI=1S/C15H21ClFN/c1-10-3-4-11(7-10)15(18-2)9-12-8-13(16)5-6-14(12)17/h5-6,8,10-11,15,18H,3-4,7,9H2,1-2H3. The summed E-state index contributed by atoms with van der Waals surface area (Å²) in [5.41, 5.74) is 0.724. The van der Waals surface area contributed by atoms with E-state index in [0.717, 1.165) is 17.9 Å². The van der Waals surface area contributed by atoms with E-state index in [2.05, 4.69) is 12.2 Å². The van der Waals surface area contributed by atoms with Crippen molar-refractivity contribution >= 4 is 11.6 Å². The van der Waals surface area contributed by atoms with Crippen molar-refractivity contribution in [3.8, 4) is 0 Å². The van der Waals surface area contributed by atoms with Gasteiger partial charge in [-0.05, 0) is 61.9 Å². The molecule has 0 heterocycles. The van der Waals surface area contributed by atoms with Crippen LogP contribution in [-0.4, -0.2) is 13.1 Å². The second-order valence-corrected chi connectivity index (χ2v) is 5.95. The minimum absolute atomic E-state index is 0.148. The third-order valence-corrected chi connectivity index (χ3v) is 4.36. The summed E-state index contributed by atoms with van der Waals surface area (Å²) in [4.78, 5) is 0. The molecule has 1 aliphatic rings. The SMILES string of the molecule is CNC(Cc1cc(Cl)ccc1F)C1CCC(C)C1. The van der Waals surface area contributed by atoms with Crippen LogP contribution in [0, 0.1) is 17.7 Å². The van der Waals surface area contributed by atoms with Gasteiger partial charge in [0, 0.05) is 11.1 Å². The van der Waals surface area contributed by atoms with E-state index in [1.54, 1.807) is 12.1 Å². The monoisotopic (exact) mass is 269 g/mol. The molecule has 1 aliphatic carbocycles. The highest BCUT2D eigenvalue weighted by Gasteiger charge is 2.28. The van der Waals surface area contributed by atoms with Gasteiger partial charge in [-0.1, -0.05) is 24.9 Å². The van der Waals surface area contributed by atoms with Gasteiger partial charge in [0.25, 0.3) is 0 Å². The van der Waals surface area contributed by atoms with Gasteiger partial charge in [0.15, 0.2) is 0 Å². The Morgan fingerprint density at radius 1 is 1.44 bits per heavy atom. The summed E-state index contributed by atoms with van der Waals surface area (Å²) >= 11 is 5.94. The summed E-state index contributed by atoms with van der Waals surface area (Å²) in [5, 5.41) is 3.96. The molecule has 0 radical (unpaired) electrons. The van der Waals surface area contributed by atoms with Crippen LogP contribution in [0.15, 0.2) is 18.2 Å². The van der Waals surface area contributed by atoms with E-state index in [4.69, 9.17) is 11.6 Å². The first-order valence-corrected chi connectivity index (χ1v) is 7.09. The summed E-state index contributed by atoms with van der Waals surface area (Å²) in [6.07, 6.45) is 4.50. The van der Waals surface area contributed by atoms with Gasteiger partial charge in [-0.3, -0.25) is 0 Å². The van der Waals surface area contributed by atoms with E-state index < -0.39 is 0 Å². The minimum Gasteiger partial charge on any atom is -0.316 e. The van der Waals surface area contributed by atoms with E-state index >= 15 is 0 Å². The Bertz CT molecular complexity index is 407. The molecular weight excluding hydrogens is 249 g/mol. The second kappa shape index (κ2) is 6.03. The molecule has 0 amide bonds. The first-order valence-electron chi connectivity index (χ1n) is 6.71. The zero-order valence-corrected chi connectivity index (χ0v) is 11.8. The average Bonchev–Trinajstić information content (AvgIpc) is 2.77. The lowest BCUT2D eigenvalue weighted by molar-refractivity contribution is 0.364. The van der Waals surface area contributed by atoms with E-state index in [9.17, 15) is 4.39 Å². The molecule has 0 bridgehead atoms. The van der Waals surface area contributed by atoms with Gasteiger partial charge in [-0.25, -0.2) is 4.39 Å². The molecule has 3 heteroatoms. The lowest BCUT2D eigenvalue weighted by atomic mass is 9.91. The largest absolute Gasteiger partial charge is 0.316 e. The van der Waals surface area contributed by atoms with Crippen molar-refractivity contribution in [3.63, 3.8) is 0 Å². The van der Waals surface area contributed by atoms with Crippen LogP contribution in [0.1, 0.15) is 31.7 Å². The predicted octanol–water partition coefficient (Wildman–Crippen LogP) is 4.05. The molecule has 0 aromatic heterocycles. The smallest absolute Gasteiger partial charge is 0.126 e. The summed E-state index contributed by atoms with van der Waals surface area (Å²) in [5.74, 6) is 1.31. The van der Waals surface area contributed by atoms with Crippen LogP contribution in [0.2, 0.25) is 5.02 Å². The molecule has 1 fully saturated rings. The molecule has 0 aliphatic heterocycles. The third kappa shape index (κ3) is 3.24. The Kier molecular flexibility index (Phi) is 4.63. The van der Waals surface area contributed by atoms with E-state index in [1.165, 1.54) is 25.3 Å². The van der Waals surface area contributed by atoms with Crippen LogP contribution < -0.4 is 5.32 Å². The van der Waals surface area contributed by atoms with Gasteiger partial charge in [0.1, 0.15) is 5.82 Å². The molecule has 1 N–H and O–H groups in total. The number of hydrogen-bond acceptors (Lipinski definition) is 1. The Hall–Kier alpha value is -0.600. The van der Waals surface area contributed by atoms with Crippen molar-refractivity contribution < 1.29 is 4.39 Å². The molecule has 100 valence electrons. The van der Waals surface area contributed by atoms with Gasteiger partial charge in [-0.2, -0.15) is 0 Å². The van der Waals surface area contributed by atoms with Crippen LogP contribution in [0.3, 0.4) is 0 Å². The third-order valence-electron chi connectivity index (χ3n) is 4.12. The van der Waals surface area contributed by atoms with Gasteiger partial charge in [0.05, 0.1) is 0 Å². The molecule has 1 saturated carbocycles.